The first kappa shape index (κ1) is 18.5. The Morgan fingerprint density at radius 2 is 1.83 bits per heavy atom. The first-order chi connectivity index (χ1) is 8.24. The maximum atomic E-state index is 10.2. The highest BCUT2D eigenvalue weighted by Gasteiger charge is 2.42. The molecular weight excluding hydrogens is 280 g/mol. The second-order valence-electron chi connectivity index (χ2n) is 5.48. The van der Waals surface area contributed by atoms with Crippen molar-refractivity contribution in [3.63, 3.8) is 0 Å². The minimum atomic E-state index is -2.18. The molecule has 0 saturated carbocycles. The van der Waals surface area contributed by atoms with Gasteiger partial charge in [0.15, 0.2) is 10.5 Å². The summed E-state index contributed by atoms with van der Waals surface area (Å²) in [5, 5.41) is 5.19. The third kappa shape index (κ3) is 7.14. The van der Waals surface area contributed by atoms with Gasteiger partial charge in [0.05, 0.1) is 0 Å². The molecule has 8 heteroatoms. The van der Waals surface area contributed by atoms with Crippen molar-refractivity contribution >= 4 is 26.2 Å². The monoisotopic (exact) mass is 310 g/mol. The second kappa shape index (κ2) is 8.59. The van der Waals surface area contributed by atoms with Crippen LogP contribution in [0.5, 0.6) is 0 Å². The Balaban J connectivity index is 4.00. The molecule has 0 spiro atoms. The van der Waals surface area contributed by atoms with Crippen LogP contribution in [0.1, 0.15) is 13.3 Å². The SMILES string of the molecule is CCCNCCN(CO[Si](C)(C)[Si](C)(C)O)O[SiH3]. The van der Waals surface area contributed by atoms with Crippen molar-refractivity contribution in [2.75, 3.05) is 26.4 Å². The molecule has 0 aromatic carbocycles. The molecule has 0 rings (SSSR count). The number of nitrogens with one attached hydrogen (secondary N) is 1. The van der Waals surface area contributed by atoms with Crippen LogP contribution in [-0.4, -0.2) is 62.4 Å². The summed E-state index contributed by atoms with van der Waals surface area (Å²) >= 11 is 0. The van der Waals surface area contributed by atoms with Crippen LogP contribution < -0.4 is 5.32 Å². The van der Waals surface area contributed by atoms with E-state index in [9.17, 15) is 4.80 Å². The van der Waals surface area contributed by atoms with Crippen molar-refractivity contribution in [1.82, 2.24) is 10.4 Å². The molecular formula is C10H30N2O3Si3. The Bertz CT molecular complexity index is 225. The van der Waals surface area contributed by atoms with Crippen LogP contribution in [0.4, 0.5) is 0 Å². The molecule has 18 heavy (non-hydrogen) atoms. The van der Waals surface area contributed by atoms with Gasteiger partial charge in [-0.05, 0) is 39.2 Å². The topological polar surface area (TPSA) is 54.0 Å². The quantitative estimate of drug-likeness (QED) is 0.257. The summed E-state index contributed by atoms with van der Waals surface area (Å²) in [5.74, 6) is 0. The van der Waals surface area contributed by atoms with Gasteiger partial charge in [-0.15, -0.1) is 0 Å². The summed E-state index contributed by atoms with van der Waals surface area (Å²) < 4.78 is 11.4. The highest BCUT2D eigenvalue weighted by atomic mass is 29.3. The zero-order valence-electron chi connectivity index (χ0n) is 12.7. The van der Waals surface area contributed by atoms with Crippen LogP contribution in [0, 0.1) is 0 Å². The molecule has 0 saturated heterocycles. The minimum absolute atomic E-state index is 0.466. The van der Waals surface area contributed by atoms with E-state index in [1.165, 1.54) is 0 Å². The normalized spacial score (nSPS) is 13.5. The molecule has 0 unspecified atom stereocenters. The average molecular weight is 311 g/mol. The lowest BCUT2D eigenvalue weighted by Crippen LogP contribution is -2.58. The van der Waals surface area contributed by atoms with Crippen LogP contribution in [-0.2, 0) is 8.95 Å². The van der Waals surface area contributed by atoms with E-state index in [4.69, 9.17) is 8.95 Å². The molecule has 0 heterocycles. The third-order valence-corrected chi connectivity index (χ3v) is 16.9. The first-order valence-corrected chi connectivity index (χ1v) is 14.3. The Hall–Kier alpha value is 0.451. The Morgan fingerprint density at radius 3 is 2.28 bits per heavy atom. The van der Waals surface area contributed by atoms with Gasteiger partial charge in [-0.1, -0.05) is 6.92 Å². The molecule has 0 bridgehead atoms. The van der Waals surface area contributed by atoms with E-state index in [1.807, 2.05) is 18.2 Å². The van der Waals surface area contributed by atoms with Gasteiger partial charge in [-0.25, -0.2) is 0 Å². The summed E-state index contributed by atoms with van der Waals surface area (Å²) in [7, 11) is -3.48. The Morgan fingerprint density at radius 1 is 1.22 bits per heavy atom. The third-order valence-electron chi connectivity index (χ3n) is 3.27. The zero-order chi connectivity index (χ0) is 14.2. The van der Waals surface area contributed by atoms with E-state index >= 15 is 0 Å². The van der Waals surface area contributed by atoms with Crippen molar-refractivity contribution in [3.05, 3.63) is 0 Å². The van der Waals surface area contributed by atoms with Crippen LogP contribution in [0.25, 0.3) is 0 Å². The average Bonchev–Trinajstić information content (AvgIpc) is 2.26. The summed E-state index contributed by atoms with van der Waals surface area (Å²) in [6, 6.07) is 0. The van der Waals surface area contributed by atoms with Gasteiger partial charge in [0.1, 0.15) is 6.73 Å². The molecule has 0 aliphatic rings. The van der Waals surface area contributed by atoms with Crippen molar-refractivity contribution in [3.8, 4) is 0 Å². The molecule has 0 aromatic rings. The van der Waals surface area contributed by atoms with Gasteiger partial charge in [0.2, 0.25) is 15.7 Å². The highest BCUT2D eigenvalue weighted by Crippen LogP contribution is 2.17. The van der Waals surface area contributed by atoms with Gasteiger partial charge >= 0.3 is 0 Å². The molecule has 110 valence electrons. The maximum absolute atomic E-state index is 10.2. The number of nitrogens with zero attached hydrogens (tertiary/aromatic N) is 1. The van der Waals surface area contributed by atoms with E-state index in [2.05, 4.69) is 25.3 Å². The Kier molecular flexibility index (Phi) is 8.80. The number of rotatable bonds is 10. The van der Waals surface area contributed by atoms with Crippen molar-refractivity contribution in [2.24, 2.45) is 0 Å². The predicted molar refractivity (Wildman–Crippen MR) is 84.0 cm³/mol. The first-order valence-electron chi connectivity index (χ1n) is 6.60. The number of hydrogen-bond acceptors (Lipinski definition) is 5. The van der Waals surface area contributed by atoms with E-state index < -0.39 is 15.7 Å². The van der Waals surface area contributed by atoms with Gasteiger partial charge in [0.25, 0.3) is 0 Å². The van der Waals surface area contributed by atoms with Gasteiger partial charge in [-0.2, -0.15) is 5.06 Å². The second-order valence-corrected chi connectivity index (χ2v) is 19.6. The van der Waals surface area contributed by atoms with E-state index in [1.54, 1.807) is 0 Å². The molecule has 0 amide bonds. The lowest BCUT2D eigenvalue weighted by atomic mass is 10.5. The van der Waals surface area contributed by atoms with E-state index in [0.717, 1.165) is 26.1 Å². The van der Waals surface area contributed by atoms with E-state index in [-0.39, 0.29) is 0 Å². The molecule has 0 fully saturated rings. The smallest absolute Gasteiger partial charge is 0.206 e. The summed E-state index contributed by atoms with van der Waals surface area (Å²) in [6.45, 7) is 13.4. The van der Waals surface area contributed by atoms with E-state index in [0.29, 0.717) is 17.2 Å². The molecule has 0 atom stereocenters. The fourth-order valence-corrected chi connectivity index (χ4v) is 3.49. The van der Waals surface area contributed by atoms with Crippen LogP contribution in [0.15, 0.2) is 0 Å². The van der Waals surface area contributed by atoms with Gasteiger partial charge < -0.3 is 19.1 Å². The summed E-state index contributed by atoms with van der Waals surface area (Å²) in [6.07, 6.45) is 1.14. The molecule has 0 radical (unpaired) electrons. The van der Waals surface area contributed by atoms with Gasteiger partial charge in [-0.3, -0.25) is 0 Å². The molecule has 2 N–H and O–H groups in total. The molecule has 5 nitrogen and oxygen atoms in total. The predicted octanol–water partition coefficient (Wildman–Crippen LogP) is -0.0450. The Labute approximate surface area is 116 Å². The standard InChI is InChI=1S/C10H30N2O3Si3/c1-6-7-11-8-9-12(15-16)10-14-18(4,5)17(2,3)13/h11,13H,6-10H2,1-5,16H3. The zero-order valence-corrected chi connectivity index (χ0v) is 16.7. The highest BCUT2D eigenvalue weighted by molar-refractivity contribution is 7.35. The van der Waals surface area contributed by atoms with Crippen LogP contribution >= 0.6 is 0 Å². The number of hydrogen-bond donors (Lipinski definition) is 2. The van der Waals surface area contributed by atoms with Crippen molar-refractivity contribution in [1.29, 1.82) is 0 Å². The lowest BCUT2D eigenvalue weighted by molar-refractivity contribution is -0.101. The summed E-state index contributed by atoms with van der Waals surface area (Å²) in [4.78, 5) is 10.2. The van der Waals surface area contributed by atoms with Crippen molar-refractivity contribution < 1.29 is 13.7 Å². The van der Waals surface area contributed by atoms with Crippen LogP contribution in [0.2, 0.25) is 26.2 Å². The lowest BCUT2D eigenvalue weighted by Gasteiger charge is -2.34. The number of hydroxylamine groups is 2. The maximum Gasteiger partial charge on any atom is 0.206 e. The summed E-state index contributed by atoms with van der Waals surface area (Å²) in [5.41, 5.74) is 0. The molecule has 0 aliphatic heterocycles. The fourth-order valence-electron chi connectivity index (χ4n) is 1.12. The van der Waals surface area contributed by atoms with Gasteiger partial charge in [0, 0.05) is 13.1 Å². The fraction of sp³-hybridized carbons (Fsp3) is 1.00. The van der Waals surface area contributed by atoms with Crippen molar-refractivity contribution in [2.45, 2.75) is 39.5 Å². The molecule has 0 aliphatic carbocycles. The minimum Gasteiger partial charge on any atom is -0.432 e. The largest absolute Gasteiger partial charge is 0.432 e. The van der Waals surface area contributed by atoms with Crippen LogP contribution in [0.3, 0.4) is 0 Å². The molecule has 0 aromatic heterocycles.